The molecule has 0 amide bonds. The highest BCUT2D eigenvalue weighted by Crippen LogP contribution is 2.38. The fraction of sp³-hybridized carbons (Fsp3) is 0.692. The minimum absolute atomic E-state index is 0.684. The lowest BCUT2D eigenvalue weighted by molar-refractivity contribution is 0.361. The molecule has 0 saturated carbocycles. The number of nitrogens with one attached hydrogen (secondary N) is 1. The standard InChI is InChI=1S/C13H20N4/c1-2-16-10-5-11-3-4-12(6-10)17(11)13-7-14-9-15-8-13/h7-12,16H,2-6H2,1H3. The Labute approximate surface area is 102 Å². The monoisotopic (exact) mass is 232 g/mol. The molecule has 2 aliphatic rings. The van der Waals surface area contributed by atoms with Gasteiger partial charge in [-0.1, -0.05) is 6.92 Å². The number of anilines is 1. The van der Waals surface area contributed by atoms with Crippen LogP contribution in [0.4, 0.5) is 5.69 Å². The minimum atomic E-state index is 0.684. The summed E-state index contributed by atoms with van der Waals surface area (Å²) in [5.41, 5.74) is 1.20. The second-order valence-electron chi connectivity index (χ2n) is 5.11. The van der Waals surface area contributed by atoms with Gasteiger partial charge in [0.15, 0.2) is 0 Å². The van der Waals surface area contributed by atoms with Crippen LogP contribution in [-0.2, 0) is 0 Å². The molecule has 17 heavy (non-hydrogen) atoms. The quantitative estimate of drug-likeness (QED) is 0.859. The molecule has 2 saturated heterocycles. The zero-order chi connectivity index (χ0) is 11.7. The van der Waals surface area contributed by atoms with Gasteiger partial charge in [-0.2, -0.15) is 0 Å². The Hall–Kier alpha value is -1.16. The highest BCUT2D eigenvalue weighted by molar-refractivity contribution is 5.46. The number of piperidine rings is 1. The van der Waals surface area contributed by atoms with E-state index in [-0.39, 0.29) is 0 Å². The maximum absolute atomic E-state index is 4.14. The van der Waals surface area contributed by atoms with E-state index >= 15 is 0 Å². The average Bonchev–Trinajstić information content (AvgIpc) is 2.63. The summed E-state index contributed by atoms with van der Waals surface area (Å²) in [6, 6.07) is 2.07. The number of hydrogen-bond donors (Lipinski definition) is 1. The minimum Gasteiger partial charge on any atom is -0.363 e. The van der Waals surface area contributed by atoms with E-state index in [0.29, 0.717) is 18.1 Å². The predicted octanol–water partition coefficient (Wildman–Crippen LogP) is 1.59. The summed E-state index contributed by atoms with van der Waals surface area (Å²) in [6.45, 7) is 3.28. The van der Waals surface area contributed by atoms with Crippen LogP contribution in [-0.4, -0.2) is 34.6 Å². The summed E-state index contributed by atoms with van der Waals surface area (Å²) >= 11 is 0. The number of rotatable bonds is 3. The average molecular weight is 232 g/mol. The normalized spacial score (nSPS) is 31.8. The van der Waals surface area contributed by atoms with Crippen molar-refractivity contribution >= 4 is 5.69 Å². The van der Waals surface area contributed by atoms with Gasteiger partial charge in [-0.05, 0) is 32.2 Å². The van der Waals surface area contributed by atoms with Crippen LogP contribution in [0, 0.1) is 0 Å². The molecular formula is C13H20N4. The molecule has 1 aromatic heterocycles. The molecule has 92 valence electrons. The zero-order valence-electron chi connectivity index (χ0n) is 10.3. The molecule has 2 unspecified atom stereocenters. The molecule has 4 nitrogen and oxygen atoms in total. The lowest BCUT2D eigenvalue weighted by Gasteiger charge is -2.40. The maximum atomic E-state index is 4.14. The molecule has 3 rings (SSSR count). The van der Waals surface area contributed by atoms with Crippen LogP contribution < -0.4 is 10.2 Å². The van der Waals surface area contributed by atoms with Crippen LogP contribution in [0.2, 0.25) is 0 Å². The Morgan fingerprint density at radius 1 is 1.24 bits per heavy atom. The fourth-order valence-corrected chi connectivity index (χ4v) is 3.48. The van der Waals surface area contributed by atoms with Crippen LogP contribution in [0.25, 0.3) is 0 Å². The van der Waals surface area contributed by atoms with E-state index in [4.69, 9.17) is 0 Å². The van der Waals surface area contributed by atoms with Crippen LogP contribution in [0.15, 0.2) is 18.7 Å². The molecule has 3 heterocycles. The van der Waals surface area contributed by atoms with E-state index in [1.54, 1.807) is 6.33 Å². The summed E-state index contributed by atoms with van der Waals surface area (Å²) in [5, 5.41) is 3.60. The van der Waals surface area contributed by atoms with Crippen LogP contribution >= 0.6 is 0 Å². The molecule has 0 aliphatic carbocycles. The van der Waals surface area contributed by atoms with Gasteiger partial charge >= 0.3 is 0 Å². The van der Waals surface area contributed by atoms with E-state index in [2.05, 4.69) is 27.1 Å². The summed E-state index contributed by atoms with van der Waals surface area (Å²) in [6.07, 6.45) is 10.7. The van der Waals surface area contributed by atoms with Crippen molar-refractivity contribution in [2.24, 2.45) is 0 Å². The van der Waals surface area contributed by atoms with Gasteiger partial charge in [-0.3, -0.25) is 0 Å². The topological polar surface area (TPSA) is 41.0 Å². The van der Waals surface area contributed by atoms with Crippen LogP contribution in [0.3, 0.4) is 0 Å². The lowest BCUT2D eigenvalue weighted by Crippen LogP contribution is -2.49. The second kappa shape index (κ2) is 4.61. The number of hydrogen-bond acceptors (Lipinski definition) is 4. The fourth-order valence-electron chi connectivity index (χ4n) is 3.48. The van der Waals surface area contributed by atoms with Gasteiger partial charge in [-0.15, -0.1) is 0 Å². The first-order valence-electron chi connectivity index (χ1n) is 6.65. The molecule has 1 aromatic rings. The van der Waals surface area contributed by atoms with Crippen molar-refractivity contribution in [2.45, 2.75) is 50.7 Å². The maximum Gasteiger partial charge on any atom is 0.115 e. The van der Waals surface area contributed by atoms with E-state index in [9.17, 15) is 0 Å². The molecule has 4 heteroatoms. The van der Waals surface area contributed by atoms with E-state index < -0.39 is 0 Å². The van der Waals surface area contributed by atoms with Crippen molar-refractivity contribution in [1.82, 2.24) is 15.3 Å². The van der Waals surface area contributed by atoms with Gasteiger partial charge in [0.25, 0.3) is 0 Å². The molecule has 0 radical (unpaired) electrons. The first-order valence-corrected chi connectivity index (χ1v) is 6.65. The van der Waals surface area contributed by atoms with Crippen molar-refractivity contribution in [1.29, 1.82) is 0 Å². The molecular weight excluding hydrogens is 212 g/mol. The predicted molar refractivity (Wildman–Crippen MR) is 68.0 cm³/mol. The summed E-state index contributed by atoms with van der Waals surface area (Å²) in [4.78, 5) is 10.8. The smallest absolute Gasteiger partial charge is 0.115 e. The molecule has 2 atom stereocenters. The Morgan fingerprint density at radius 3 is 2.47 bits per heavy atom. The van der Waals surface area contributed by atoms with Crippen LogP contribution in [0.5, 0.6) is 0 Å². The van der Waals surface area contributed by atoms with Gasteiger partial charge in [0.1, 0.15) is 6.33 Å². The van der Waals surface area contributed by atoms with Crippen LogP contribution in [0.1, 0.15) is 32.6 Å². The van der Waals surface area contributed by atoms with Crippen molar-refractivity contribution in [3.05, 3.63) is 18.7 Å². The molecule has 0 aromatic carbocycles. The summed E-state index contributed by atoms with van der Waals surface area (Å²) in [5.74, 6) is 0. The van der Waals surface area contributed by atoms with Gasteiger partial charge in [0.2, 0.25) is 0 Å². The van der Waals surface area contributed by atoms with Gasteiger partial charge in [0.05, 0.1) is 18.1 Å². The largest absolute Gasteiger partial charge is 0.363 e. The molecule has 1 N–H and O–H groups in total. The molecule has 2 aliphatic heterocycles. The van der Waals surface area contributed by atoms with Gasteiger partial charge in [0, 0.05) is 18.1 Å². The summed E-state index contributed by atoms with van der Waals surface area (Å²) < 4.78 is 0. The molecule has 2 bridgehead atoms. The third-order valence-corrected chi connectivity index (χ3v) is 4.07. The Morgan fingerprint density at radius 2 is 1.88 bits per heavy atom. The first-order chi connectivity index (χ1) is 8.38. The van der Waals surface area contributed by atoms with E-state index in [1.165, 1.54) is 31.4 Å². The SMILES string of the molecule is CCNC1CC2CCC(C1)N2c1cncnc1. The number of nitrogens with zero attached hydrogens (tertiary/aromatic N) is 3. The Kier molecular flexibility index (Phi) is 2.97. The Balaban J connectivity index is 1.77. The molecule has 0 spiro atoms. The molecule has 2 fully saturated rings. The van der Waals surface area contributed by atoms with E-state index in [0.717, 1.165) is 6.54 Å². The second-order valence-corrected chi connectivity index (χ2v) is 5.11. The number of aromatic nitrogens is 2. The highest BCUT2D eigenvalue weighted by atomic mass is 15.2. The third kappa shape index (κ3) is 2.02. The van der Waals surface area contributed by atoms with Crippen molar-refractivity contribution < 1.29 is 0 Å². The summed E-state index contributed by atoms with van der Waals surface area (Å²) in [7, 11) is 0. The van der Waals surface area contributed by atoms with Gasteiger partial charge in [-0.25, -0.2) is 9.97 Å². The zero-order valence-corrected chi connectivity index (χ0v) is 10.3. The van der Waals surface area contributed by atoms with Crippen molar-refractivity contribution in [3.63, 3.8) is 0 Å². The van der Waals surface area contributed by atoms with Gasteiger partial charge < -0.3 is 10.2 Å². The number of fused-ring (bicyclic) bond motifs is 2. The van der Waals surface area contributed by atoms with E-state index in [1.807, 2.05) is 12.4 Å². The Bertz CT molecular complexity index is 353. The first kappa shape index (κ1) is 11.0. The third-order valence-electron chi connectivity index (χ3n) is 4.07. The highest BCUT2D eigenvalue weighted by Gasteiger charge is 2.40. The van der Waals surface area contributed by atoms with Crippen molar-refractivity contribution in [3.8, 4) is 0 Å². The lowest BCUT2D eigenvalue weighted by atomic mass is 9.97. The van der Waals surface area contributed by atoms with Crippen molar-refractivity contribution in [2.75, 3.05) is 11.4 Å².